The lowest BCUT2D eigenvalue weighted by atomic mass is 10.1. The maximum Gasteiger partial charge on any atom is 0.227 e. The number of likely N-dealkylation sites (tertiary alicyclic amines) is 1. The lowest BCUT2D eigenvalue weighted by Gasteiger charge is -2.24. The summed E-state index contributed by atoms with van der Waals surface area (Å²) in [6, 6.07) is 14.2. The Morgan fingerprint density at radius 3 is 2.96 bits per heavy atom. The van der Waals surface area contributed by atoms with Gasteiger partial charge in [-0.25, -0.2) is 0 Å². The monoisotopic (exact) mass is 305 g/mol. The zero-order valence-corrected chi connectivity index (χ0v) is 12.9. The van der Waals surface area contributed by atoms with Crippen LogP contribution in [0.1, 0.15) is 30.1 Å². The van der Waals surface area contributed by atoms with Crippen molar-refractivity contribution >= 4 is 16.8 Å². The summed E-state index contributed by atoms with van der Waals surface area (Å²) in [5.41, 5.74) is 3.15. The normalized spacial score (nSPS) is 17.7. The van der Waals surface area contributed by atoms with Crippen molar-refractivity contribution in [3.8, 4) is 0 Å². The molecule has 2 aromatic heterocycles. The van der Waals surface area contributed by atoms with Crippen LogP contribution >= 0.6 is 0 Å². The van der Waals surface area contributed by atoms with Crippen LogP contribution in [0.15, 0.2) is 54.9 Å². The van der Waals surface area contributed by atoms with Gasteiger partial charge in [0.25, 0.3) is 0 Å². The average Bonchev–Trinajstić information content (AvgIpc) is 3.23. The maximum absolute atomic E-state index is 12.8. The van der Waals surface area contributed by atoms with E-state index in [1.165, 1.54) is 0 Å². The third-order valence-electron chi connectivity index (χ3n) is 4.62. The summed E-state index contributed by atoms with van der Waals surface area (Å²) >= 11 is 0. The molecule has 4 heteroatoms. The Hall–Kier alpha value is -2.62. The number of fused-ring (bicyclic) bond motifs is 1. The van der Waals surface area contributed by atoms with Crippen LogP contribution in [-0.4, -0.2) is 27.3 Å². The molecule has 1 amide bonds. The molecular formula is C19H19N3O. The molecule has 1 N–H and O–H groups in total. The van der Waals surface area contributed by atoms with Crippen LogP contribution in [0.4, 0.5) is 0 Å². The number of nitrogens with one attached hydrogen (secondary N) is 1. The summed E-state index contributed by atoms with van der Waals surface area (Å²) in [4.78, 5) is 22.5. The van der Waals surface area contributed by atoms with E-state index in [1.54, 1.807) is 6.20 Å². The van der Waals surface area contributed by atoms with E-state index >= 15 is 0 Å². The number of amides is 1. The van der Waals surface area contributed by atoms with Crippen molar-refractivity contribution in [2.24, 2.45) is 0 Å². The second-order valence-corrected chi connectivity index (χ2v) is 6.04. The van der Waals surface area contributed by atoms with E-state index in [4.69, 9.17) is 0 Å². The van der Waals surface area contributed by atoms with Crippen molar-refractivity contribution in [3.63, 3.8) is 0 Å². The molecule has 116 valence electrons. The van der Waals surface area contributed by atoms with Crippen molar-refractivity contribution in [1.82, 2.24) is 14.9 Å². The van der Waals surface area contributed by atoms with Crippen LogP contribution in [0.25, 0.3) is 10.9 Å². The zero-order chi connectivity index (χ0) is 15.6. The minimum absolute atomic E-state index is 0.119. The number of benzene rings is 1. The Morgan fingerprint density at radius 1 is 1.22 bits per heavy atom. The number of aromatic amines is 1. The van der Waals surface area contributed by atoms with Crippen molar-refractivity contribution in [3.05, 3.63) is 66.1 Å². The van der Waals surface area contributed by atoms with E-state index in [2.05, 4.69) is 16.0 Å². The number of aromatic nitrogens is 2. The number of para-hydroxylation sites is 1. The summed E-state index contributed by atoms with van der Waals surface area (Å²) in [5, 5.41) is 1.13. The Kier molecular flexibility index (Phi) is 3.58. The standard InChI is InChI=1S/C19H19N3O/c23-19(12-14-13-21-16-7-2-1-6-15(14)16)22-11-5-9-18(22)17-8-3-4-10-20-17/h1-4,6-8,10,13,18,21H,5,9,11-12H2/t18-/m1/s1. The number of hydrogen-bond donors (Lipinski definition) is 1. The number of nitrogens with zero attached hydrogens (tertiary/aromatic N) is 2. The molecule has 0 spiro atoms. The summed E-state index contributed by atoms with van der Waals surface area (Å²) < 4.78 is 0. The molecule has 3 heterocycles. The number of carbonyl (C=O) groups excluding carboxylic acids is 1. The topological polar surface area (TPSA) is 49.0 Å². The first-order chi connectivity index (χ1) is 11.3. The average molecular weight is 305 g/mol. The van der Waals surface area contributed by atoms with Gasteiger partial charge in [0.05, 0.1) is 18.2 Å². The molecule has 1 fully saturated rings. The van der Waals surface area contributed by atoms with Gasteiger partial charge in [0.2, 0.25) is 5.91 Å². The summed E-state index contributed by atoms with van der Waals surface area (Å²) in [5.74, 6) is 0.183. The predicted octanol–water partition coefficient (Wildman–Crippen LogP) is 3.47. The predicted molar refractivity (Wildman–Crippen MR) is 89.9 cm³/mol. The maximum atomic E-state index is 12.8. The van der Waals surface area contributed by atoms with Crippen molar-refractivity contribution in [2.75, 3.05) is 6.54 Å². The molecule has 0 unspecified atom stereocenters. The van der Waals surface area contributed by atoms with Gasteiger partial charge < -0.3 is 9.88 Å². The van der Waals surface area contributed by atoms with Gasteiger partial charge in [0.15, 0.2) is 0 Å². The Balaban J connectivity index is 1.56. The fraction of sp³-hybridized carbons (Fsp3) is 0.263. The van der Waals surface area contributed by atoms with Crippen molar-refractivity contribution in [1.29, 1.82) is 0 Å². The minimum Gasteiger partial charge on any atom is -0.361 e. The van der Waals surface area contributed by atoms with Crippen LogP contribution in [0.3, 0.4) is 0 Å². The zero-order valence-electron chi connectivity index (χ0n) is 12.9. The highest BCUT2D eigenvalue weighted by atomic mass is 16.2. The fourth-order valence-electron chi connectivity index (χ4n) is 3.49. The van der Waals surface area contributed by atoms with E-state index in [0.29, 0.717) is 6.42 Å². The lowest BCUT2D eigenvalue weighted by molar-refractivity contribution is -0.131. The summed E-state index contributed by atoms with van der Waals surface area (Å²) in [7, 11) is 0. The van der Waals surface area contributed by atoms with Gasteiger partial charge in [0.1, 0.15) is 0 Å². The smallest absolute Gasteiger partial charge is 0.227 e. The SMILES string of the molecule is O=C(Cc1c[nH]c2ccccc12)N1CCC[C@@H]1c1ccccn1. The molecule has 1 aliphatic rings. The largest absolute Gasteiger partial charge is 0.361 e. The molecule has 0 aliphatic carbocycles. The second-order valence-electron chi connectivity index (χ2n) is 6.04. The number of H-pyrrole nitrogens is 1. The highest BCUT2D eigenvalue weighted by molar-refractivity contribution is 5.89. The first-order valence-corrected chi connectivity index (χ1v) is 8.08. The minimum atomic E-state index is 0.119. The van der Waals surface area contributed by atoms with E-state index in [-0.39, 0.29) is 11.9 Å². The fourth-order valence-corrected chi connectivity index (χ4v) is 3.49. The van der Waals surface area contributed by atoms with Crippen LogP contribution in [0, 0.1) is 0 Å². The number of hydrogen-bond acceptors (Lipinski definition) is 2. The van der Waals surface area contributed by atoms with Crippen molar-refractivity contribution in [2.45, 2.75) is 25.3 Å². The van der Waals surface area contributed by atoms with Gasteiger partial charge in [-0.1, -0.05) is 24.3 Å². The van der Waals surface area contributed by atoms with Gasteiger partial charge in [0, 0.05) is 29.8 Å². The molecule has 4 nitrogen and oxygen atoms in total. The number of carbonyl (C=O) groups is 1. The van der Waals surface area contributed by atoms with Crippen molar-refractivity contribution < 1.29 is 4.79 Å². The van der Waals surface area contributed by atoms with Gasteiger partial charge in [-0.2, -0.15) is 0 Å². The van der Waals surface area contributed by atoms with Crippen LogP contribution in [-0.2, 0) is 11.2 Å². The Labute approximate surface area is 135 Å². The molecule has 4 rings (SSSR count). The third kappa shape index (κ3) is 2.61. The van der Waals surface area contributed by atoms with Gasteiger partial charge >= 0.3 is 0 Å². The quantitative estimate of drug-likeness (QED) is 0.805. The molecule has 0 bridgehead atoms. The molecule has 0 saturated carbocycles. The van der Waals surface area contributed by atoms with Crippen LogP contribution < -0.4 is 0 Å². The third-order valence-corrected chi connectivity index (χ3v) is 4.62. The summed E-state index contributed by atoms with van der Waals surface area (Å²) in [6.07, 6.45) is 6.23. The Bertz CT molecular complexity index is 825. The molecule has 1 atom stereocenters. The van der Waals surface area contributed by atoms with Gasteiger partial charge in [-0.15, -0.1) is 0 Å². The van der Waals surface area contributed by atoms with Gasteiger partial charge in [-0.05, 0) is 36.6 Å². The molecule has 0 radical (unpaired) electrons. The molecule has 1 aliphatic heterocycles. The second kappa shape index (κ2) is 5.88. The first-order valence-electron chi connectivity index (χ1n) is 8.08. The number of rotatable bonds is 3. The first kappa shape index (κ1) is 14.0. The van der Waals surface area contributed by atoms with E-state index < -0.39 is 0 Å². The molecule has 1 saturated heterocycles. The van der Waals surface area contributed by atoms with Crippen LogP contribution in [0.2, 0.25) is 0 Å². The van der Waals surface area contributed by atoms with E-state index in [9.17, 15) is 4.79 Å². The molecule has 1 aromatic carbocycles. The Morgan fingerprint density at radius 2 is 2.09 bits per heavy atom. The lowest BCUT2D eigenvalue weighted by Crippen LogP contribution is -2.32. The molecule has 23 heavy (non-hydrogen) atoms. The van der Waals surface area contributed by atoms with E-state index in [0.717, 1.165) is 41.5 Å². The van der Waals surface area contributed by atoms with Crippen LogP contribution in [0.5, 0.6) is 0 Å². The highest BCUT2D eigenvalue weighted by Gasteiger charge is 2.30. The van der Waals surface area contributed by atoms with E-state index in [1.807, 2.05) is 47.5 Å². The molecule has 3 aromatic rings. The highest BCUT2D eigenvalue weighted by Crippen LogP contribution is 2.31. The molecular weight excluding hydrogens is 286 g/mol. The van der Waals surface area contributed by atoms with Gasteiger partial charge in [-0.3, -0.25) is 9.78 Å². The summed E-state index contributed by atoms with van der Waals surface area (Å²) in [6.45, 7) is 0.822. The number of pyridine rings is 1.